The molecule has 2 nitrogen and oxygen atoms in total. The molecule has 2 heterocycles. The Morgan fingerprint density at radius 3 is 2.71 bits per heavy atom. The smallest absolute Gasteiger partial charge is 0.359 e. The molecule has 74 valence electrons. The summed E-state index contributed by atoms with van der Waals surface area (Å²) in [6.45, 7) is 1.54. The highest BCUT2D eigenvalue weighted by Crippen LogP contribution is 2.33. The number of alkyl halides is 3. The summed E-state index contributed by atoms with van der Waals surface area (Å²) in [5.74, 6) is 0. The number of H-pyrrole nitrogens is 1. The van der Waals surface area contributed by atoms with Crippen LogP contribution in [0.2, 0.25) is 0 Å². The van der Waals surface area contributed by atoms with Crippen LogP contribution in [-0.4, -0.2) is 9.97 Å². The quantitative estimate of drug-likeness (QED) is 0.695. The number of aromatic nitrogens is 2. The molecule has 0 spiro atoms. The summed E-state index contributed by atoms with van der Waals surface area (Å²) < 4.78 is 37.6. The van der Waals surface area contributed by atoms with Crippen LogP contribution in [0.3, 0.4) is 0 Å². The topological polar surface area (TPSA) is 28.7 Å². The fraction of sp³-hybridized carbons (Fsp3) is 0.222. The predicted octanol–water partition coefficient (Wildman–Crippen LogP) is 2.89. The van der Waals surface area contributed by atoms with Crippen LogP contribution in [0.4, 0.5) is 13.2 Å². The molecule has 0 radical (unpaired) electrons. The SMILES string of the molecule is Cc1cc(C(F)(F)F)c2[nH]ccc2n1. The average molecular weight is 200 g/mol. The van der Waals surface area contributed by atoms with E-state index in [9.17, 15) is 13.2 Å². The second-order valence-corrected chi connectivity index (χ2v) is 3.05. The van der Waals surface area contributed by atoms with E-state index in [0.717, 1.165) is 6.07 Å². The highest BCUT2D eigenvalue weighted by molar-refractivity contribution is 5.79. The van der Waals surface area contributed by atoms with Crippen molar-refractivity contribution < 1.29 is 13.2 Å². The molecule has 0 aliphatic heterocycles. The van der Waals surface area contributed by atoms with E-state index in [2.05, 4.69) is 9.97 Å². The van der Waals surface area contributed by atoms with E-state index >= 15 is 0 Å². The number of halogens is 3. The number of nitrogens with one attached hydrogen (secondary N) is 1. The van der Waals surface area contributed by atoms with Gasteiger partial charge in [-0.1, -0.05) is 0 Å². The Morgan fingerprint density at radius 2 is 2.07 bits per heavy atom. The summed E-state index contributed by atoms with van der Waals surface area (Å²) in [6.07, 6.45) is -2.89. The number of aryl methyl sites for hydroxylation is 1. The molecular formula is C9H7F3N2. The van der Waals surface area contributed by atoms with E-state index in [-0.39, 0.29) is 5.52 Å². The largest absolute Gasteiger partial charge is 0.418 e. The summed E-state index contributed by atoms with van der Waals surface area (Å²) in [4.78, 5) is 6.52. The van der Waals surface area contributed by atoms with Gasteiger partial charge in [-0.3, -0.25) is 4.98 Å². The molecule has 0 fully saturated rings. The van der Waals surface area contributed by atoms with Gasteiger partial charge in [0.25, 0.3) is 0 Å². The number of hydrogen-bond donors (Lipinski definition) is 1. The van der Waals surface area contributed by atoms with Gasteiger partial charge in [-0.15, -0.1) is 0 Å². The Balaban J connectivity index is 2.80. The minimum atomic E-state index is -4.34. The molecule has 14 heavy (non-hydrogen) atoms. The summed E-state index contributed by atoms with van der Waals surface area (Å²) >= 11 is 0. The number of rotatable bonds is 0. The van der Waals surface area contributed by atoms with E-state index in [0.29, 0.717) is 11.2 Å². The van der Waals surface area contributed by atoms with Crippen LogP contribution in [0, 0.1) is 6.92 Å². The molecular weight excluding hydrogens is 193 g/mol. The van der Waals surface area contributed by atoms with Crippen molar-refractivity contribution in [1.82, 2.24) is 9.97 Å². The van der Waals surface area contributed by atoms with Crippen LogP contribution < -0.4 is 0 Å². The normalized spacial score (nSPS) is 12.3. The van der Waals surface area contributed by atoms with Crippen molar-refractivity contribution in [3.8, 4) is 0 Å². The third-order valence-corrected chi connectivity index (χ3v) is 1.95. The average Bonchev–Trinajstić information content (AvgIpc) is 2.47. The van der Waals surface area contributed by atoms with Gasteiger partial charge in [-0.05, 0) is 19.1 Å². The van der Waals surface area contributed by atoms with Gasteiger partial charge in [-0.2, -0.15) is 13.2 Å². The highest BCUT2D eigenvalue weighted by Gasteiger charge is 2.33. The maximum absolute atomic E-state index is 12.5. The number of pyridine rings is 1. The predicted molar refractivity (Wildman–Crippen MR) is 45.8 cm³/mol. The fourth-order valence-electron chi connectivity index (χ4n) is 1.40. The second-order valence-electron chi connectivity index (χ2n) is 3.05. The zero-order valence-electron chi connectivity index (χ0n) is 7.31. The molecule has 0 aliphatic rings. The van der Waals surface area contributed by atoms with Crippen LogP contribution in [0.1, 0.15) is 11.3 Å². The van der Waals surface area contributed by atoms with Crippen molar-refractivity contribution in [3.63, 3.8) is 0 Å². The zero-order chi connectivity index (χ0) is 10.3. The minimum absolute atomic E-state index is 0.0445. The van der Waals surface area contributed by atoms with Gasteiger partial charge >= 0.3 is 6.18 Å². The van der Waals surface area contributed by atoms with Gasteiger partial charge in [0, 0.05) is 11.9 Å². The molecule has 0 saturated carbocycles. The van der Waals surface area contributed by atoms with Gasteiger partial charge < -0.3 is 4.98 Å². The van der Waals surface area contributed by atoms with E-state index in [1.165, 1.54) is 12.3 Å². The standard InChI is InChI=1S/C9H7F3N2/c1-5-4-6(9(10,11)12)8-7(14-5)2-3-13-8/h2-4,13H,1H3. The lowest BCUT2D eigenvalue weighted by molar-refractivity contribution is -0.136. The number of fused-ring (bicyclic) bond motifs is 1. The Hall–Kier alpha value is -1.52. The lowest BCUT2D eigenvalue weighted by Gasteiger charge is -2.08. The van der Waals surface area contributed by atoms with Crippen molar-refractivity contribution in [2.75, 3.05) is 0 Å². The van der Waals surface area contributed by atoms with Crippen LogP contribution in [0.25, 0.3) is 11.0 Å². The molecule has 0 amide bonds. The van der Waals surface area contributed by atoms with Crippen LogP contribution in [0.15, 0.2) is 18.3 Å². The minimum Gasteiger partial charge on any atom is -0.359 e. The number of aromatic amines is 1. The van der Waals surface area contributed by atoms with Crippen molar-refractivity contribution in [2.45, 2.75) is 13.1 Å². The maximum atomic E-state index is 12.5. The van der Waals surface area contributed by atoms with Crippen molar-refractivity contribution >= 4 is 11.0 Å². The van der Waals surface area contributed by atoms with Gasteiger partial charge in [0.2, 0.25) is 0 Å². The van der Waals surface area contributed by atoms with Crippen molar-refractivity contribution in [1.29, 1.82) is 0 Å². The van der Waals surface area contributed by atoms with Gasteiger partial charge in [0.1, 0.15) is 0 Å². The van der Waals surface area contributed by atoms with Crippen molar-refractivity contribution in [2.24, 2.45) is 0 Å². The van der Waals surface area contributed by atoms with Gasteiger partial charge in [0.05, 0.1) is 16.6 Å². The maximum Gasteiger partial charge on any atom is 0.418 e. The lowest BCUT2D eigenvalue weighted by Crippen LogP contribution is -2.07. The Morgan fingerprint density at radius 1 is 1.36 bits per heavy atom. The van der Waals surface area contributed by atoms with Gasteiger partial charge in [0.15, 0.2) is 0 Å². The Kier molecular flexibility index (Phi) is 1.77. The highest BCUT2D eigenvalue weighted by atomic mass is 19.4. The monoisotopic (exact) mass is 200 g/mol. The van der Waals surface area contributed by atoms with Crippen molar-refractivity contribution in [3.05, 3.63) is 29.6 Å². The summed E-state index contributed by atoms with van der Waals surface area (Å²) in [5.41, 5.74) is 0.0925. The van der Waals surface area contributed by atoms with E-state index < -0.39 is 11.7 Å². The first kappa shape index (κ1) is 9.05. The summed E-state index contributed by atoms with van der Waals surface area (Å²) in [6, 6.07) is 2.57. The summed E-state index contributed by atoms with van der Waals surface area (Å²) in [7, 11) is 0. The molecule has 0 saturated heterocycles. The molecule has 2 aromatic rings. The summed E-state index contributed by atoms with van der Waals surface area (Å²) in [5, 5.41) is 0. The van der Waals surface area contributed by atoms with Crippen LogP contribution >= 0.6 is 0 Å². The molecule has 0 atom stereocenters. The Bertz CT molecular complexity index is 470. The molecule has 0 bridgehead atoms. The molecule has 5 heteroatoms. The lowest BCUT2D eigenvalue weighted by atomic mass is 10.2. The first-order valence-electron chi connectivity index (χ1n) is 4.00. The Labute approximate surface area is 77.8 Å². The third-order valence-electron chi connectivity index (χ3n) is 1.95. The third kappa shape index (κ3) is 1.34. The molecule has 0 aliphatic carbocycles. The molecule has 2 rings (SSSR count). The molecule has 0 aromatic carbocycles. The van der Waals surface area contributed by atoms with E-state index in [4.69, 9.17) is 0 Å². The molecule has 0 unspecified atom stereocenters. The first-order valence-corrected chi connectivity index (χ1v) is 4.00. The number of hydrogen-bond acceptors (Lipinski definition) is 1. The fourth-order valence-corrected chi connectivity index (χ4v) is 1.40. The first-order chi connectivity index (χ1) is 6.48. The second kappa shape index (κ2) is 2.73. The molecule has 2 aromatic heterocycles. The number of nitrogens with zero attached hydrogens (tertiary/aromatic N) is 1. The van der Waals surface area contributed by atoms with E-state index in [1.807, 2.05) is 0 Å². The van der Waals surface area contributed by atoms with E-state index in [1.54, 1.807) is 6.92 Å². The molecule has 1 N–H and O–H groups in total. The van der Waals surface area contributed by atoms with Gasteiger partial charge in [-0.25, -0.2) is 0 Å². The van der Waals surface area contributed by atoms with Crippen LogP contribution in [-0.2, 0) is 6.18 Å². The zero-order valence-corrected chi connectivity index (χ0v) is 7.31. The van der Waals surface area contributed by atoms with Crippen LogP contribution in [0.5, 0.6) is 0 Å².